The van der Waals surface area contributed by atoms with Gasteiger partial charge < -0.3 is 15.4 Å². The Kier molecular flexibility index (Phi) is 7.00. The predicted molar refractivity (Wildman–Crippen MR) is 122 cm³/mol. The average Bonchev–Trinajstić information content (AvgIpc) is 3.50. The smallest absolute Gasteiger partial charge is 0.234 e. The molecule has 8 nitrogen and oxygen atoms in total. The molecule has 0 saturated carbocycles. The van der Waals surface area contributed by atoms with Gasteiger partial charge in [-0.25, -0.2) is 0 Å². The molecule has 1 aliphatic heterocycles. The molecule has 3 heterocycles. The zero-order valence-electron chi connectivity index (χ0n) is 17.0. The van der Waals surface area contributed by atoms with Crippen LogP contribution in [0, 0.1) is 0 Å². The second-order valence-electron chi connectivity index (χ2n) is 7.12. The van der Waals surface area contributed by atoms with Gasteiger partial charge in [-0.1, -0.05) is 17.8 Å². The van der Waals surface area contributed by atoms with E-state index >= 15 is 0 Å². The van der Waals surface area contributed by atoms with Gasteiger partial charge in [0.1, 0.15) is 0 Å². The summed E-state index contributed by atoms with van der Waals surface area (Å²) in [7, 11) is 0. The quantitative estimate of drug-likeness (QED) is 0.498. The van der Waals surface area contributed by atoms with Crippen LogP contribution in [0.1, 0.15) is 19.8 Å². The van der Waals surface area contributed by atoms with Gasteiger partial charge >= 0.3 is 0 Å². The number of hydrogen-bond donors (Lipinski definition) is 2. The minimum absolute atomic E-state index is 0.137. The number of amides is 2. The van der Waals surface area contributed by atoms with Gasteiger partial charge in [0, 0.05) is 24.9 Å². The topological polar surface area (TPSA) is 98.1 Å². The summed E-state index contributed by atoms with van der Waals surface area (Å²) >= 11 is 2.97. The maximum atomic E-state index is 12.5. The third-order valence-corrected chi connectivity index (χ3v) is 6.52. The van der Waals surface area contributed by atoms with Crippen molar-refractivity contribution in [3.8, 4) is 10.7 Å². The minimum Gasteiger partial charge on any atom is -0.376 e. The molecule has 0 radical (unpaired) electrons. The molecule has 3 aromatic rings. The summed E-state index contributed by atoms with van der Waals surface area (Å²) in [4.78, 5) is 24.6. The molecule has 31 heavy (non-hydrogen) atoms. The summed E-state index contributed by atoms with van der Waals surface area (Å²) in [5, 5.41) is 17.0. The lowest BCUT2D eigenvalue weighted by atomic mass is 10.2. The summed E-state index contributed by atoms with van der Waals surface area (Å²) < 4.78 is 7.86. The van der Waals surface area contributed by atoms with E-state index in [0.29, 0.717) is 23.1 Å². The molecular weight excluding hydrogens is 434 g/mol. The third kappa shape index (κ3) is 5.72. The molecule has 1 saturated heterocycles. The summed E-state index contributed by atoms with van der Waals surface area (Å²) in [6, 6.07) is 11.0. The van der Waals surface area contributed by atoms with Crippen molar-refractivity contribution in [2.75, 3.05) is 23.0 Å². The fraction of sp³-hybridized carbons (Fsp3) is 0.333. The van der Waals surface area contributed by atoms with Crippen LogP contribution < -0.4 is 10.6 Å². The lowest BCUT2D eigenvalue weighted by molar-refractivity contribution is -0.114. The Morgan fingerprint density at radius 2 is 1.97 bits per heavy atom. The van der Waals surface area contributed by atoms with E-state index in [9.17, 15) is 9.59 Å². The summed E-state index contributed by atoms with van der Waals surface area (Å²) in [6.45, 7) is 2.91. The molecule has 10 heteroatoms. The second kappa shape index (κ2) is 10.1. The highest BCUT2D eigenvalue weighted by Crippen LogP contribution is 2.29. The van der Waals surface area contributed by atoms with Gasteiger partial charge in [0.15, 0.2) is 11.0 Å². The Hall–Kier alpha value is -2.69. The number of aromatic nitrogens is 3. The zero-order valence-corrected chi connectivity index (χ0v) is 18.7. The number of nitrogens with zero attached hydrogens (tertiary/aromatic N) is 3. The van der Waals surface area contributed by atoms with Crippen molar-refractivity contribution in [2.45, 2.75) is 37.6 Å². The zero-order chi connectivity index (χ0) is 21.6. The first kappa shape index (κ1) is 21.5. The lowest BCUT2D eigenvalue weighted by Gasteiger charge is -2.14. The molecular formula is C21H23N5O3S2. The van der Waals surface area contributed by atoms with Crippen molar-refractivity contribution in [3.63, 3.8) is 0 Å². The molecule has 2 aromatic heterocycles. The van der Waals surface area contributed by atoms with Gasteiger partial charge in [0.05, 0.1) is 23.3 Å². The van der Waals surface area contributed by atoms with Gasteiger partial charge in [0.2, 0.25) is 11.8 Å². The number of benzene rings is 1. The van der Waals surface area contributed by atoms with E-state index in [2.05, 4.69) is 25.4 Å². The number of hydrogen-bond acceptors (Lipinski definition) is 7. The third-order valence-electron chi connectivity index (χ3n) is 4.69. The van der Waals surface area contributed by atoms with Crippen LogP contribution in [-0.2, 0) is 20.9 Å². The number of nitrogens with one attached hydrogen (secondary N) is 2. The highest BCUT2D eigenvalue weighted by Gasteiger charge is 2.22. The largest absolute Gasteiger partial charge is 0.376 e. The number of thioether (sulfide) groups is 1. The van der Waals surface area contributed by atoms with E-state index in [1.165, 1.54) is 18.7 Å². The van der Waals surface area contributed by atoms with Crippen molar-refractivity contribution in [1.82, 2.24) is 14.8 Å². The van der Waals surface area contributed by atoms with Crippen LogP contribution >= 0.6 is 23.1 Å². The number of carbonyl (C=O) groups excluding carboxylic acids is 2. The van der Waals surface area contributed by atoms with E-state index < -0.39 is 0 Å². The van der Waals surface area contributed by atoms with E-state index in [1.54, 1.807) is 35.6 Å². The fourth-order valence-electron chi connectivity index (χ4n) is 3.31. The maximum absolute atomic E-state index is 12.5. The van der Waals surface area contributed by atoms with E-state index in [-0.39, 0.29) is 23.7 Å². The fourth-order valence-corrected chi connectivity index (χ4v) is 4.77. The SMILES string of the molecule is CC(=O)Nc1ccc(NC(=O)CSc2nnc(-c3cccs3)n2CC2CCCO2)cc1. The van der Waals surface area contributed by atoms with Crippen LogP contribution in [0.25, 0.3) is 10.7 Å². The summed E-state index contributed by atoms with van der Waals surface area (Å²) in [6.07, 6.45) is 2.22. The molecule has 1 atom stereocenters. The average molecular weight is 458 g/mol. The van der Waals surface area contributed by atoms with Gasteiger partial charge in [-0.3, -0.25) is 14.2 Å². The second-order valence-corrected chi connectivity index (χ2v) is 9.01. The first-order valence-electron chi connectivity index (χ1n) is 9.97. The van der Waals surface area contributed by atoms with Gasteiger partial charge in [-0.2, -0.15) is 0 Å². The molecule has 1 fully saturated rings. The van der Waals surface area contributed by atoms with E-state index in [0.717, 1.165) is 30.2 Å². The van der Waals surface area contributed by atoms with Crippen molar-refractivity contribution < 1.29 is 14.3 Å². The van der Waals surface area contributed by atoms with Gasteiger partial charge in [-0.05, 0) is 48.6 Å². The molecule has 1 unspecified atom stereocenters. The lowest BCUT2D eigenvalue weighted by Crippen LogP contribution is -2.18. The number of thiophene rings is 1. The monoisotopic (exact) mass is 457 g/mol. The van der Waals surface area contributed by atoms with Crippen LogP contribution in [0.5, 0.6) is 0 Å². The Labute approximate surface area is 188 Å². The van der Waals surface area contributed by atoms with E-state index in [1.807, 2.05) is 17.5 Å². The van der Waals surface area contributed by atoms with Crippen LogP contribution in [0.15, 0.2) is 46.9 Å². The normalized spacial score (nSPS) is 15.7. The number of carbonyl (C=O) groups is 2. The summed E-state index contributed by atoms with van der Waals surface area (Å²) in [5.74, 6) is 0.743. The molecule has 1 aliphatic rings. The van der Waals surface area contributed by atoms with Gasteiger partial charge in [-0.15, -0.1) is 21.5 Å². The highest BCUT2D eigenvalue weighted by molar-refractivity contribution is 7.99. The Morgan fingerprint density at radius 3 is 2.61 bits per heavy atom. The molecule has 0 bridgehead atoms. The first-order chi connectivity index (χ1) is 15.1. The molecule has 1 aromatic carbocycles. The Bertz CT molecular complexity index is 1030. The van der Waals surface area contributed by atoms with Crippen molar-refractivity contribution >= 4 is 46.3 Å². The van der Waals surface area contributed by atoms with Crippen LogP contribution in [0.3, 0.4) is 0 Å². The van der Waals surface area contributed by atoms with Crippen molar-refractivity contribution in [1.29, 1.82) is 0 Å². The highest BCUT2D eigenvalue weighted by atomic mass is 32.2. The first-order valence-corrected chi connectivity index (χ1v) is 11.8. The van der Waals surface area contributed by atoms with Crippen LogP contribution in [0.4, 0.5) is 11.4 Å². The number of rotatable bonds is 8. The molecule has 2 N–H and O–H groups in total. The number of ether oxygens (including phenoxy) is 1. The Balaban J connectivity index is 1.40. The van der Waals surface area contributed by atoms with Crippen molar-refractivity contribution in [2.24, 2.45) is 0 Å². The summed E-state index contributed by atoms with van der Waals surface area (Å²) in [5.41, 5.74) is 1.35. The van der Waals surface area contributed by atoms with Crippen molar-refractivity contribution in [3.05, 3.63) is 41.8 Å². The molecule has 0 spiro atoms. The Morgan fingerprint density at radius 1 is 1.19 bits per heavy atom. The van der Waals surface area contributed by atoms with Crippen LogP contribution in [-0.4, -0.2) is 45.0 Å². The number of anilines is 2. The molecule has 0 aliphatic carbocycles. The van der Waals surface area contributed by atoms with E-state index in [4.69, 9.17) is 4.74 Å². The maximum Gasteiger partial charge on any atom is 0.234 e. The molecule has 4 rings (SSSR count). The predicted octanol–water partition coefficient (Wildman–Crippen LogP) is 3.87. The standard InChI is InChI=1S/C21H23N5O3S2/c1-14(27)22-15-6-8-16(9-7-15)23-19(28)13-31-21-25-24-20(18-5-3-11-30-18)26(21)12-17-4-2-10-29-17/h3,5-9,11,17H,2,4,10,12-13H2,1H3,(H,22,27)(H,23,28). The molecule has 162 valence electrons. The van der Waals surface area contributed by atoms with Gasteiger partial charge in [0.25, 0.3) is 0 Å². The van der Waals surface area contributed by atoms with Crippen LogP contribution in [0.2, 0.25) is 0 Å². The molecule has 2 amide bonds. The minimum atomic E-state index is -0.137.